The van der Waals surface area contributed by atoms with Crippen molar-refractivity contribution in [3.63, 3.8) is 0 Å². The Kier molecular flexibility index (Phi) is 10.1. The third-order valence-electron chi connectivity index (χ3n) is 7.57. The Bertz CT molecular complexity index is 1630. The number of hydrogen-bond acceptors (Lipinski definition) is 4. The minimum Gasteiger partial charge on any atom is -0.444 e. The van der Waals surface area contributed by atoms with Crippen LogP contribution >= 0.6 is 0 Å². The van der Waals surface area contributed by atoms with Crippen LogP contribution < -0.4 is 10.6 Å². The standard InChI is InChI=1S/C37H43N3O4/c1-24(2)40(35(42)32(22-27-15-9-8-10-16-27)39-36(43)44-37(5,6)7)33(31-19-13-14-25(3)26(31)4)34(41)38-30-21-20-28-17-11-12-18-29(28)23-30/h8-21,23-24,32-33H,22H2,1-7H3,(H,38,41)(H,39,43). The fraction of sp³-hybridized carbons (Fsp3) is 0.324. The zero-order valence-corrected chi connectivity index (χ0v) is 26.7. The molecule has 7 heteroatoms. The van der Waals surface area contributed by atoms with Crippen LogP contribution in [-0.2, 0) is 20.7 Å². The predicted molar refractivity (Wildman–Crippen MR) is 177 cm³/mol. The van der Waals surface area contributed by atoms with Crippen LogP contribution in [0.5, 0.6) is 0 Å². The highest BCUT2D eigenvalue weighted by Crippen LogP contribution is 2.31. The van der Waals surface area contributed by atoms with Crippen molar-refractivity contribution in [2.45, 2.75) is 78.6 Å². The van der Waals surface area contributed by atoms with Crippen LogP contribution in [0.25, 0.3) is 10.8 Å². The summed E-state index contributed by atoms with van der Waals surface area (Å²) in [4.78, 5) is 43.5. The first kappa shape index (κ1) is 32.3. The largest absolute Gasteiger partial charge is 0.444 e. The Balaban J connectivity index is 1.77. The van der Waals surface area contributed by atoms with E-state index in [1.54, 1.807) is 25.7 Å². The second-order valence-corrected chi connectivity index (χ2v) is 12.5. The van der Waals surface area contributed by atoms with Crippen LogP contribution in [-0.4, -0.2) is 40.5 Å². The van der Waals surface area contributed by atoms with E-state index in [1.807, 2.05) is 119 Å². The van der Waals surface area contributed by atoms with Crippen molar-refractivity contribution in [1.29, 1.82) is 0 Å². The topological polar surface area (TPSA) is 87.7 Å². The number of hydrogen-bond donors (Lipinski definition) is 2. The third-order valence-corrected chi connectivity index (χ3v) is 7.57. The lowest BCUT2D eigenvalue weighted by molar-refractivity contribution is -0.142. The summed E-state index contributed by atoms with van der Waals surface area (Å²) in [6.07, 6.45) is -0.465. The summed E-state index contributed by atoms with van der Waals surface area (Å²) in [5.41, 5.74) is 3.41. The van der Waals surface area contributed by atoms with Gasteiger partial charge in [0.2, 0.25) is 5.91 Å². The first-order valence-electron chi connectivity index (χ1n) is 15.1. The lowest BCUT2D eigenvalue weighted by atomic mass is 9.93. The molecule has 3 amide bonds. The average molecular weight is 594 g/mol. The Hall–Kier alpha value is -4.65. The van der Waals surface area contributed by atoms with Crippen molar-refractivity contribution in [3.05, 3.63) is 113 Å². The lowest BCUT2D eigenvalue weighted by Gasteiger charge is -2.38. The van der Waals surface area contributed by atoms with E-state index < -0.39 is 23.8 Å². The molecule has 0 saturated heterocycles. The minimum atomic E-state index is -0.976. The van der Waals surface area contributed by atoms with Gasteiger partial charge in [-0.15, -0.1) is 0 Å². The number of amides is 3. The fourth-order valence-electron chi connectivity index (χ4n) is 5.32. The van der Waals surface area contributed by atoms with E-state index >= 15 is 0 Å². The molecular formula is C37H43N3O4. The average Bonchev–Trinajstić information content (AvgIpc) is 2.96. The number of anilines is 1. The van der Waals surface area contributed by atoms with Gasteiger partial charge in [-0.25, -0.2) is 4.79 Å². The number of carbonyl (C=O) groups excluding carboxylic acids is 3. The molecule has 0 aliphatic heterocycles. The van der Waals surface area contributed by atoms with E-state index in [0.717, 1.165) is 33.0 Å². The number of carbonyl (C=O) groups is 3. The second kappa shape index (κ2) is 13.8. The summed E-state index contributed by atoms with van der Waals surface area (Å²) >= 11 is 0. The maximum atomic E-state index is 14.6. The molecule has 0 spiro atoms. The van der Waals surface area contributed by atoms with Crippen LogP contribution in [0.15, 0.2) is 91.0 Å². The van der Waals surface area contributed by atoms with E-state index in [9.17, 15) is 14.4 Å². The number of alkyl carbamates (subject to hydrolysis) is 1. The van der Waals surface area contributed by atoms with Crippen LogP contribution in [0.2, 0.25) is 0 Å². The Morgan fingerprint density at radius 2 is 1.48 bits per heavy atom. The van der Waals surface area contributed by atoms with Gasteiger partial charge in [0.05, 0.1) is 0 Å². The number of aryl methyl sites for hydroxylation is 1. The van der Waals surface area contributed by atoms with Crippen LogP contribution in [0.4, 0.5) is 10.5 Å². The molecule has 0 radical (unpaired) electrons. The molecule has 0 saturated carbocycles. The van der Waals surface area contributed by atoms with Gasteiger partial charge in [0.1, 0.15) is 17.7 Å². The summed E-state index contributed by atoms with van der Waals surface area (Å²) in [5, 5.41) is 7.96. The van der Waals surface area contributed by atoms with Gasteiger partial charge in [0, 0.05) is 18.2 Å². The first-order valence-corrected chi connectivity index (χ1v) is 15.1. The van der Waals surface area contributed by atoms with Crippen LogP contribution in [0.3, 0.4) is 0 Å². The molecule has 2 unspecified atom stereocenters. The van der Waals surface area contributed by atoms with Crippen LogP contribution in [0, 0.1) is 13.8 Å². The highest BCUT2D eigenvalue weighted by Gasteiger charge is 2.38. The maximum Gasteiger partial charge on any atom is 0.408 e. The molecule has 0 aliphatic carbocycles. The molecule has 0 aliphatic rings. The Labute approximate surface area is 260 Å². The summed E-state index contributed by atoms with van der Waals surface area (Å²) in [6, 6.07) is 26.6. The monoisotopic (exact) mass is 593 g/mol. The minimum absolute atomic E-state index is 0.230. The van der Waals surface area contributed by atoms with Gasteiger partial charge in [0.25, 0.3) is 5.91 Å². The van der Waals surface area contributed by atoms with E-state index in [1.165, 1.54) is 0 Å². The van der Waals surface area contributed by atoms with Gasteiger partial charge in [0.15, 0.2) is 0 Å². The highest BCUT2D eigenvalue weighted by molar-refractivity contribution is 6.00. The smallest absolute Gasteiger partial charge is 0.408 e. The number of rotatable bonds is 9. The van der Waals surface area contributed by atoms with E-state index in [0.29, 0.717) is 5.69 Å². The predicted octanol–water partition coefficient (Wildman–Crippen LogP) is 7.51. The van der Waals surface area contributed by atoms with Crippen molar-refractivity contribution in [1.82, 2.24) is 10.2 Å². The highest BCUT2D eigenvalue weighted by atomic mass is 16.6. The number of nitrogens with zero attached hydrogens (tertiary/aromatic N) is 1. The molecule has 4 rings (SSSR count). The molecular weight excluding hydrogens is 550 g/mol. The number of nitrogens with one attached hydrogen (secondary N) is 2. The molecule has 7 nitrogen and oxygen atoms in total. The van der Waals surface area contributed by atoms with Crippen LogP contribution in [0.1, 0.15) is 62.9 Å². The molecule has 230 valence electrons. The number of ether oxygens (including phenoxy) is 1. The summed E-state index contributed by atoms with van der Waals surface area (Å²) in [5.74, 6) is -0.721. The molecule has 4 aromatic carbocycles. The molecule has 44 heavy (non-hydrogen) atoms. The van der Waals surface area contributed by atoms with Gasteiger partial charge >= 0.3 is 6.09 Å². The third kappa shape index (κ3) is 8.04. The van der Waals surface area contributed by atoms with Gasteiger partial charge in [-0.3, -0.25) is 9.59 Å². The van der Waals surface area contributed by atoms with Gasteiger partial charge in [-0.05, 0) is 93.6 Å². The van der Waals surface area contributed by atoms with Gasteiger partial charge in [-0.2, -0.15) is 0 Å². The second-order valence-electron chi connectivity index (χ2n) is 12.5. The molecule has 0 heterocycles. The SMILES string of the molecule is Cc1cccc(C(C(=O)Nc2ccc3ccccc3c2)N(C(=O)C(Cc2ccccc2)NC(=O)OC(C)(C)C)C(C)C)c1C. The van der Waals surface area contributed by atoms with Crippen molar-refractivity contribution in [2.24, 2.45) is 0 Å². The quantitative estimate of drug-likeness (QED) is 0.210. The summed E-state index contributed by atoms with van der Waals surface area (Å²) in [6.45, 7) is 13.0. The Morgan fingerprint density at radius 3 is 2.14 bits per heavy atom. The zero-order valence-electron chi connectivity index (χ0n) is 26.7. The normalized spacial score (nSPS) is 12.8. The van der Waals surface area contributed by atoms with Gasteiger partial charge < -0.3 is 20.3 Å². The molecule has 0 aromatic heterocycles. The fourth-order valence-corrected chi connectivity index (χ4v) is 5.32. The Morgan fingerprint density at radius 1 is 0.818 bits per heavy atom. The summed E-state index contributed by atoms with van der Waals surface area (Å²) in [7, 11) is 0. The summed E-state index contributed by atoms with van der Waals surface area (Å²) < 4.78 is 5.54. The van der Waals surface area contributed by atoms with Crippen molar-refractivity contribution >= 4 is 34.4 Å². The van der Waals surface area contributed by atoms with Crippen molar-refractivity contribution < 1.29 is 19.1 Å². The first-order chi connectivity index (χ1) is 20.8. The maximum absolute atomic E-state index is 14.6. The van der Waals surface area contributed by atoms with E-state index in [-0.39, 0.29) is 24.3 Å². The molecule has 4 aromatic rings. The number of benzene rings is 4. The molecule has 0 bridgehead atoms. The van der Waals surface area contributed by atoms with E-state index in [4.69, 9.17) is 4.74 Å². The zero-order chi connectivity index (χ0) is 32.0. The van der Waals surface area contributed by atoms with Crippen molar-refractivity contribution in [2.75, 3.05) is 5.32 Å². The van der Waals surface area contributed by atoms with Crippen molar-refractivity contribution in [3.8, 4) is 0 Å². The molecule has 2 N–H and O–H groups in total. The van der Waals surface area contributed by atoms with Gasteiger partial charge in [-0.1, -0.05) is 78.9 Å². The molecule has 0 fully saturated rings. The molecule has 2 atom stereocenters. The lowest BCUT2D eigenvalue weighted by Crippen LogP contribution is -2.55. The van der Waals surface area contributed by atoms with E-state index in [2.05, 4.69) is 10.6 Å². The number of fused-ring (bicyclic) bond motifs is 1.